The highest BCUT2D eigenvalue weighted by Crippen LogP contribution is 2.23. The Morgan fingerprint density at radius 2 is 2.00 bits per heavy atom. The highest BCUT2D eigenvalue weighted by atomic mass is 19.4. The van der Waals surface area contributed by atoms with E-state index in [1.165, 1.54) is 18.2 Å². The molecular weight excluding hydrogens is 273 g/mol. The average Bonchev–Trinajstić information content (AvgIpc) is 2.38. The molecule has 0 saturated carbocycles. The number of hydrogen-bond donors (Lipinski definition) is 1. The van der Waals surface area contributed by atoms with Gasteiger partial charge in [0.05, 0.1) is 6.42 Å². The number of nitrogens with zero attached hydrogens (tertiary/aromatic N) is 1. The van der Waals surface area contributed by atoms with Gasteiger partial charge in [-0.3, -0.25) is 4.79 Å². The molecule has 1 aliphatic heterocycles. The van der Waals surface area contributed by atoms with Crippen molar-refractivity contribution in [1.29, 1.82) is 0 Å². The summed E-state index contributed by atoms with van der Waals surface area (Å²) in [6.45, 7) is 2.72. The van der Waals surface area contributed by atoms with E-state index >= 15 is 0 Å². The molecule has 0 radical (unpaired) electrons. The van der Waals surface area contributed by atoms with Crippen LogP contribution in [0.25, 0.3) is 0 Å². The molecule has 1 saturated heterocycles. The molecule has 7 heteroatoms. The maximum absolute atomic E-state index is 12.1. The van der Waals surface area contributed by atoms with Gasteiger partial charge in [-0.25, -0.2) is 0 Å². The lowest BCUT2D eigenvalue weighted by Crippen LogP contribution is -2.46. The molecule has 0 aromatic heterocycles. The lowest BCUT2D eigenvalue weighted by Gasteiger charge is -2.27. The van der Waals surface area contributed by atoms with Gasteiger partial charge < -0.3 is 15.0 Å². The number of ether oxygens (including phenoxy) is 1. The van der Waals surface area contributed by atoms with Crippen molar-refractivity contribution in [2.24, 2.45) is 0 Å². The van der Waals surface area contributed by atoms with Crippen molar-refractivity contribution >= 4 is 5.91 Å². The minimum Gasteiger partial charge on any atom is -0.406 e. The highest BCUT2D eigenvalue weighted by molar-refractivity contribution is 5.79. The fourth-order valence-electron chi connectivity index (χ4n) is 2.05. The first kappa shape index (κ1) is 14.6. The predicted molar refractivity (Wildman–Crippen MR) is 66.3 cm³/mol. The summed E-state index contributed by atoms with van der Waals surface area (Å²) < 4.78 is 40.2. The summed E-state index contributed by atoms with van der Waals surface area (Å²) in [5.74, 6) is -0.390. The first-order valence-corrected chi connectivity index (χ1v) is 6.27. The van der Waals surface area contributed by atoms with Crippen LogP contribution in [-0.2, 0) is 11.2 Å². The van der Waals surface area contributed by atoms with E-state index in [1.54, 1.807) is 11.0 Å². The zero-order valence-electron chi connectivity index (χ0n) is 10.7. The SMILES string of the molecule is O=C(Cc1cccc(OC(F)(F)F)c1)N1CCNCC1. The molecule has 0 aliphatic carbocycles. The van der Waals surface area contributed by atoms with Crippen molar-refractivity contribution in [3.63, 3.8) is 0 Å². The van der Waals surface area contributed by atoms with E-state index in [4.69, 9.17) is 0 Å². The monoisotopic (exact) mass is 288 g/mol. The van der Waals surface area contributed by atoms with Crippen molar-refractivity contribution in [3.05, 3.63) is 29.8 Å². The van der Waals surface area contributed by atoms with Crippen molar-refractivity contribution in [2.45, 2.75) is 12.8 Å². The molecular formula is C13H15F3N2O2. The van der Waals surface area contributed by atoms with Crippen molar-refractivity contribution in [1.82, 2.24) is 10.2 Å². The molecule has 1 aromatic carbocycles. The van der Waals surface area contributed by atoms with E-state index in [9.17, 15) is 18.0 Å². The lowest BCUT2D eigenvalue weighted by molar-refractivity contribution is -0.274. The van der Waals surface area contributed by atoms with Crippen LogP contribution in [0.3, 0.4) is 0 Å². The molecule has 1 aliphatic rings. The van der Waals surface area contributed by atoms with Crippen LogP contribution in [0.15, 0.2) is 24.3 Å². The van der Waals surface area contributed by atoms with Crippen LogP contribution in [0.1, 0.15) is 5.56 Å². The van der Waals surface area contributed by atoms with Gasteiger partial charge in [0.25, 0.3) is 0 Å². The van der Waals surface area contributed by atoms with Crippen molar-refractivity contribution in [2.75, 3.05) is 26.2 Å². The van der Waals surface area contributed by atoms with Crippen LogP contribution in [0.2, 0.25) is 0 Å². The Morgan fingerprint density at radius 3 is 2.65 bits per heavy atom. The lowest BCUT2D eigenvalue weighted by atomic mass is 10.1. The number of rotatable bonds is 3. The quantitative estimate of drug-likeness (QED) is 0.917. The molecule has 1 N–H and O–H groups in total. The molecule has 2 rings (SSSR count). The van der Waals surface area contributed by atoms with E-state index in [1.807, 2.05) is 0 Å². The molecule has 110 valence electrons. The predicted octanol–water partition coefficient (Wildman–Crippen LogP) is 1.56. The molecule has 1 heterocycles. The topological polar surface area (TPSA) is 41.6 Å². The zero-order valence-corrected chi connectivity index (χ0v) is 10.7. The number of nitrogens with one attached hydrogen (secondary N) is 1. The van der Waals surface area contributed by atoms with E-state index < -0.39 is 6.36 Å². The molecule has 4 nitrogen and oxygen atoms in total. The summed E-state index contributed by atoms with van der Waals surface area (Å²) in [7, 11) is 0. The maximum atomic E-state index is 12.1. The number of piperazine rings is 1. The van der Waals surface area contributed by atoms with Crippen molar-refractivity contribution in [3.8, 4) is 5.75 Å². The number of hydrogen-bond acceptors (Lipinski definition) is 3. The van der Waals surface area contributed by atoms with Gasteiger partial charge in [-0.2, -0.15) is 0 Å². The Morgan fingerprint density at radius 1 is 1.30 bits per heavy atom. The third-order valence-corrected chi connectivity index (χ3v) is 2.96. The van der Waals surface area contributed by atoms with Crippen LogP contribution in [0.5, 0.6) is 5.75 Å². The normalized spacial score (nSPS) is 16.1. The van der Waals surface area contributed by atoms with Gasteiger partial charge in [0, 0.05) is 26.2 Å². The largest absolute Gasteiger partial charge is 0.573 e. The van der Waals surface area contributed by atoms with Crippen LogP contribution < -0.4 is 10.1 Å². The molecule has 0 unspecified atom stereocenters. The van der Waals surface area contributed by atoms with Gasteiger partial charge in [0.15, 0.2) is 0 Å². The third-order valence-electron chi connectivity index (χ3n) is 2.96. The van der Waals surface area contributed by atoms with Gasteiger partial charge in [-0.05, 0) is 17.7 Å². The van der Waals surface area contributed by atoms with Gasteiger partial charge >= 0.3 is 6.36 Å². The molecule has 0 atom stereocenters. The van der Waals surface area contributed by atoms with Gasteiger partial charge in [0.1, 0.15) is 5.75 Å². The molecule has 0 spiro atoms. The van der Waals surface area contributed by atoms with E-state index in [0.29, 0.717) is 18.7 Å². The summed E-state index contributed by atoms with van der Waals surface area (Å²) in [5.41, 5.74) is 0.510. The first-order chi connectivity index (χ1) is 9.44. The minimum atomic E-state index is -4.72. The molecule has 20 heavy (non-hydrogen) atoms. The van der Waals surface area contributed by atoms with E-state index in [0.717, 1.165) is 13.1 Å². The maximum Gasteiger partial charge on any atom is 0.573 e. The van der Waals surface area contributed by atoms with Gasteiger partial charge in [0.2, 0.25) is 5.91 Å². The number of carbonyl (C=O) groups excluding carboxylic acids is 1. The van der Waals surface area contributed by atoms with Crippen LogP contribution in [0.4, 0.5) is 13.2 Å². The summed E-state index contributed by atoms with van der Waals surface area (Å²) >= 11 is 0. The van der Waals surface area contributed by atoms with Crippen LogP contribution >= 0.6 is 0 Å². The highest BCUT2D eigenvalue weighted by Gasteiger charge is 2.31. The third kappa shape index (κ3) is 4.41. The van der Waals surface area contributed by atoms with Crippen LogP contribution in [-0.4, -0.2) is 43.3 Å². The second-order valence-corrected chi connectivity index (χ2v) is 4.50. The molecule has 0 bridgehead atoms. The Kier molecular flexibility index (Phi) is 4.49. The van der Waals surface area contributed by atoms with E-state index in [2.05, 4.69) is 10.1 Å². The number of alkyl halides is 3. The standard InChI is InChI=1S/C13H15F3N2O2/c14-13(15,16)20-11-3-1-2-10(8-11)9-12(19)18-6-4-17-5-7-18/h1-3,8,17H,4-7,9H2. The summed E-state index contributed by atoms with van der Waals surface area (Å²) in [6, 6.07) is 5.52. The van der Waals surface area contributed by atoms with Gasteiger partial charge in [-0.1, -0.05) is 12.1 Å². The number of halogens is 3. The molecule has 1 aromatic rings. The van der Waals surface area contributed by atoms with Gasteiger partial charge in [-0.15, -0.1) is 13.2 Å². The average molecular weight is 288 g/mol. The first-order valence-electron chi connectivity index (χ1n) is 6.27. The Labute approximate surface area is 114 Å². The Bertz CT molecular complexity index is 471. The number of carbonyl (C=O) groups is 1. The van der Waals surface area contributed by atoms with Crippen molar-refractivity contribution < 1.29 is 22.7 Å². The number of benzene rings is 1. The second-order valence-electron chi connectivity index (χ2n) is 4.50. The smallest absolute Gasteiger partial charge is 0.406 e. The van der Waals surface area contributed by atoms with E-state index in [-0.39, 0.29) is 18.1 Å². The summed E-state index contributed by atoms with van der Waals surface area (Å²) in [4.78, 5) is 13.7. The van der Waals surface area contributed by atoms with Crippen LogP contribution in [0, 0.1) is 0 Å². The Balaban J connectivity index is 1.98. The molecule has 1 fully saturated rings. The fraction of sp³-hybridized carbons (Fsp3) is 0.462. The second kappa shape index (κ2) is 6.13. The molecule has 1 amide bonds. The summed E-state index contributed by atoms with van der Waals surface area (Å²) in [6.07, 6.45) is -4.64. The zero-order chi connectivity index (χ0) is 14.6. The number of amides is 1. The minimum absolute atomic E-state index is 0.0784. The summed E-state index contributed by atoms with van der Waals surface area (Å²) in [5, 5.41) is 3.13. The Hall–Kier alpha value is -1.76. The fourth-order valence-corrected chi connectivity index (χ4v) is 2.05.